The van der Waals surface area contributed by atoms with Crippen molar-refractivity contribution in [3.63, 3.8) is 0 Å². The van der Waals surface area contributed by atoms with Gasteiger partial charge in [0.15, 0.2) is 5.82 Å². The van der Waals surface area contributed by atoms with Crippen LogP contribution in [0.3, 0.4) is 0 Å². The monoisotopic (exact) mass is 243 g/mol. The maximum atomic E-state index is 13.0. The zero-order valence-corrected chi connectivity index (χ0v) is 9.40. The van der Waals surface area contributed by atoms with Gasteiger partial charge in [-0.15, -0.1) is 6.58 Å². The molecular weight excluding hydrogens is 228 g/mol. The Labute approximate surface area is 97.9 Å². The van der Waals surface area contributed by atoms with Crippen LogP contribution < -0.4 is 5.73 Å². The van der Waals surface area contributed by atoms with Crippen molar-refractivity contribution in [3.05, 3.63) is 24.4 Å². The molecule has 0 saturated heterocycles. The molecule has 17 heavy (non-hydrogen) atoms. The summed E-state index contributed by atoms with van der Waals surface area (Å²) < 4.78 is 31.1. The first-order valence-corrected chi connectivity index (χ1v) is 5.59. The highest BCUT2D eigenvalue weighted by atomic mass is 19.3. The fraction of sp³-hybridized carbons (Fsp3) is 0.636. The van der Waals surface area contributed by atoms with Gasteiger partial charge in [0.05, 0.1) is 6.04 Å². The summed E-state index contributed by atoms with van der Waals surface area (Å²) in [6.07, 6.45) is 2.24. The average Bonchev–Trinajstić information content (AvgIpc) is 2.84. The predicted octanol–water partition coefficient (Wildman–Crippen LogP) is 2.55. The third-order valence-electron chi connectivity index (χ3n) is 2.96. The van der Waals surface area contributed by atoms with E-state index in [-0.39, 0.29) is 24.7 Å². The Morgan fingerprint density at radius 3 is 3.00 bits per heavy atom. The molecule has 1 aromatic rings. The Bertz CT molecular complexity index is 405. The third kappa shape index (κ3) is 2.69. The Morgan fingerprint density at radius 1 is 1.65 bits per heavy atom. The molecular formula is C11H15F2N3O. The first-order chi connectivity index (χ1) is 8.02. The van der Waals surface area contributed by atoms with Crippen LogP contribution >= 0.6 is 0 Å². The molecule has 2 N–H and O–H groups in total. The van der Waals surface area contributed by atoms with Crippen molar-refractivity contribution < 1.29 is 13.3 Å². The van der Waals surface area contributed by atoms with Gasteiger partial charge in [0, 0.05) is 18.8 Å². The summed E-state index contributed by atoms with van der Waals surface area (Å²) in [6, 6.07) is -0.407. The van der Waals surface area contributed by atoms with E-state index < -0.39 is 12.0 Å². The molecule has 0 spiro atoms. The summed E-state index contributed by atoms with van der Waals surface area (Å²) >= 11 is 0. The van der Waals surface area contributed by atoms with E-state index >= 15 is 0 Å². The second-order valence-corrected chi connectivity index (χ2v) is 4.42. The molecule has 0 aliphatic heterocycles. The lowest BCUT2D eigenvalue weighted by molar-refractivity contribution is 0.00750. The summed E-state index contributed by atoms with van der Waals surface area (Å²) in [5, 5.41) is 3.73. The van der Waals surface area contributed by atoms with Gasteiger partial charge in [-0.1, -0.05) is 11.2 Å². The smallest absolute Gasteiger partial charge is 0.248 e. The van der Waals surface area contributed by atoms with E-state index in [0.717, 1.165) is 0 Å². The second kappa shape index (κ2) is 4.52. The zero-order chi connectivity index (χ0) is 12.5. The topological polar surface area (TPSA) is 64.9 Å². The quantitative estimate of drug-likeness (QED) is 0.825. The van der Waals surface area contributed by atoms with Crippen molar-refractivity contribution in [1.29, 1.82) is 0 Å². The summed E-state index contributed by atoms with van der Waals surface area (Å²) in [5.41, 5.74) is 5.76. The molecule has 1 heterocycles. The summed E-state index contributed by atoms with van der Waals surface area (Å²) in [5.74, 6) is -2.29. The maximum Gasteiger partial charge on any atom is 0.248 e. The van der Waals surface area contributed by atoms with Crippen LogP contribution in [0.1, 0.15) is 49.4 Å². The highest BCUT2D eigenvalue weighted by Crippen LogP contribution is 2.43. The summed E-state index contributed by atoms with van der Waals surface area (Å²) in [7, 11) is 0. The van der Waals surface area contributed by atoms with Crippen molar-refractivity contribution in [2.24, 2.45) is 5.73 Å². The van der Waals surface area contributed by atoms with Crippen molar-refractivity contribution in [2.75, 3.05) is 0 Å². The Balaban J connectivity index is 2.06. The molecule has 2 rings (SSSR count). The van der Waals surface area contributed by atoms with Crippen LogP contribution in [0.4, 0.5) is 8.78 Å². The number of halogens is 2. The maximum absolute atomic E-state index is 13.0. The standard InChI is InChI=1S/C11H15F2N3O/c1-2-3-8(14)10-15-9(16-17-10)7-4-5-11(12,13)6-7/h2,7-8H,1,3-6,14H2. The molecule has 1 aromatic heterocycles. The molecule has 6 heteroatoms. The van der Waals surface area contributed by atoms with Gasteiger partial charge in [0.2, 0.25) is 11.8 Å². The van der Waals surface area contributed by atoms with Crippen LogP contribution in [-0.4, -0.2) is 16.1 Å². The minimum Gasteiger partial charge on any atom is -0.338 e. The van der Waals surface area contributed by atoms with Crippen LogP contribution in [0.5, 0.6) is 0 Å². The van der Waals surface area contributed by atoms with E-state index in [4.69, 9.17) is 10.3 Å². The first kappa shape index (κ1) is 12.2. The zero-order valence-electron chi connectivity index (χ0n) is 9.40. The van der Waals surface area contributed by atoms with E-state index in [1.165, 1.54) is 0 Å². The highest BCUT2D eigenvalue weighted by Gasteiger charge is 2.42. The molecule has 1 aliphatic carbocycles. The lowest BCUT2D eigenvalue weighted by Crippen LogP contribution is -2.11. The molecule has 0 amide bonds. The van der Waals surface area contributed by atoms with Crippen molar-refractivity contribution in [3.8, 4) is 0 Å². The third-order valence-corrected chi connectivity index (χ3v) is 2.96. The van der Waals surface area contributed by atoms with E-state index in [9.17, 15) is 8.78 Å². The highest BCUT2D eigenvalue weighted by molar-refractivity contribution is 5.03. The normalized spacial score (nSPS) is 24.8. The number of nitrogens with zero attached hydrogens (tertiary/aromatic N) is 2. The van der Waals surface area contributed by atoms with E-state index in [1.54, 1.807) is 6.08 Å². The minimum absolute atomic E-state index is 0.111. The molecule has 0 radical (unpaired) electrons. The summed E-state index contributed by atoms with van der Waals surface area (Å²) in [4.78, 5) is 4.09. The number of rotatable bonds is 4. The van der Waals surface area contributed by atoms with Crippen LogP contribution in [0.15, 0.2) is 17.2 Å². The number of aromatic nitrogens is 2. The fourth-order valence-corrected chi connectivity index (χ4v) is 2.01. The number of hydrogen-bond acceptors (Lipinski definition) is 4. The summed E-state index contributed by atoms with van der Waals surface area (Å²) in [6.45, 7) is 3.56. The molecule has 1 fully saturated rings. The van der Waals surface area contributed by atoms with Gasteiger partial charge in [0.25, 0.3) is 0 Å². The van der Waals surface area contributed by atoms with Gasteiger partial charge < -0.3 is 10.3 Å². The molecule has 2 atom stereocenters. The van der Waals surface area contributed by atoms with Gasteiger partial charge in [-0.25, -0.2) is 8.78 Å². The van der Waals surface area contributed by atoms with Crippen LogP contribution in [0.25, 0.3) is 0 Å². The largest absolute Gasteiger partial charge is 0.338 e. The van der Waals surface area contributed by atoms with E-state index in [0.29, 0.717) is 18.7 Å². The van der Waals surface area contributed by atoms with Gasteiger partial charge >= 0.3 is 0 Å². The Hall–Kier alpha value is -1.30. The van der Waals surface area contributed by atoms with Crippen molar-refractivity contribution in [1.82, 2.24) is 10.1 Å². The molecule has 94 valence electrons. The second-order valence-electron chi connectivity index (χ2n) is 4.42. The lowest BCUT2D eigenvalue weighted by atomic mass is 10.1. The first-order valence-electron chi connectivity index (χ1n) is 5.59. The minimum atomic E-state index is -2.60. The van der Waals surface area contributed by atoms with Crippen molar-refractivity contribution >= 4 is 0 Å². The number of nitrogens with two attached hydrogens (primary N) is 1. The number of alkyl halides is 2. The molecule has 1 aliphatic rings. The Kier molecular flexibility index (Phi) is 3.24. The molecule has 2 unspecified atom stereocenters. The number of hydrogen-bond donors (Lipinski definition) is 1. The molecule has 1 saturated carbocycles. The fourth-order valence-electron chi connectivity index (χ4n) is 2.01. The van der Waals surface area contributed by atoms with E-state index in [1.807, 2.05) is 0 Å². The van der Waals surface area contributed by atoms with Gasteiger partial charge in [-0.2, -0.15) is 4.98 Å². The Morgan fingerprint density at radius 2 is 2.41 bits per heavy atom. The molecule has 0 aromatic carbocycles. The SMILES string of the molecule is C=CCC(N)c1nc(C2CCC(F)(F)C2)no1. The van der Waals surface area contributed by atoms with Crippen LogP contribution in [-0.2, 0) is 0 Å². The van der Waals surface area contributed by atoms with Gasteiger partial charge in [-0.05, 0) is 12.8 Å². The van der Waals surface area contributed by atoms with Gasteiger partial charge in [0.1, 0.15) is 0 Å². The molecule has 0 bridgehead atoms. The van der Waals surface area contributed by atoms with Crippen LogP contribution in [0.2, 0.25) is 0 Å². The van der Waals surface area contributed by atoms with Crippen molar-refractivity contribution in [2.45, 2.75) is 43.6 Å². The van der Waals surface area contributed by atoms with Gasteiger partial charge in [-0.3, -0.25) is 0 Å². The molecule has 4 nitrogen and oxygen atoms in total. The predicted molar refractivity (Wildman–Crippen MR) is 57.6 cm³/mol. The average molecular weight is 243 g/mol. The van der Waals surface area contributed by atoms with E-state index in [2.05, 4.69) is 16.7 Å². The van der Waals surface area contributed by atoms with Crippen LogP contribution in [0, 0.1) is 0 Å². The lowest BCUT2D eigenvalue weighted by Gasteiger charge is -2.06.